The van der Waals surface area contributed by atoms with Crippen LogP contribution in [0.25, 0.3) is 0 Å². The molecule has 0 saturated heterocycles. The maximum Gasteiger partial charge on any atom is 0.323 e. The number of para-hydroxylation sites is 1. The van der Waals surface area contributed by atoms with Gasteiger partial charge in [0.2, 0.25) is 11.8 Å². The van der Waals surface area contributed by atoms with Crippen molar-refractivity contribution in [1.29, 1.82) is 0 Å². The van der Waals surface area contributed by atoms with E-state index in [1.165, 1.54) is 6.92 Å². The molecule has 0 saturated carbocycles. The van der Waals surface area contributed by atoms with Crippen LogP contribution in [0.3, 0.4) is 0 Å². The molecule has 0 aliphatic rings. The number of carboxylic acid groups (broad SMARTS) is 1. The number of rotatable bonds is 9. The van der Waals surface area contributed by atoms with Crippen LogP contribution in [-0.4, -0.2) is 28.9 Å². The number of nitrogens with one attached hydrogen (secondary N) is 4. The molecule has 3 rings (SSSR count). The summed E-state index contributed by atoms with van der Waals surface area (Å²) in [6.45, 7) is 5.09. The Balaban J connectivity index is 1.57. The van der Waals surface area contributed by atoms with Crippen LogP contribution in [0.5, 0.6) is 0 Å². The third-order valence-corrected chi connectivity index (χ3v) is 5.65. The third-order valence-electron chi connectivity index (χ3n) is 5.65. The van der Waals surface area contributed by atoms with E-state index in [2.05, 4.69) is 21.3 Å². The first-order chi connectivity index (χ1) is 17.6. The van der Waals surface area contributed by atoms with Gasteiger partial charge in [0, 0.05) is 24.0 Å². The average Bonchev–Trinajstić information content (AvgIpc) is 2.82. The van der Waals surface area contributed by atoms with Crippen LogP contribution in [0.4, 0.5) is 21.9 Å². The van der Waals surface area contributed by atoms with E-state index in [4.69, 9.17) is 5.11 Å². The Morgan fingerprint density at radius 1 is 0.811 bits per heavy atom. The van der Waals surface area contributed by atoms with Crippen molar-refractivity contribution in [2.75, 3.05) is 16.0 Å². The van der Waals surface area contributed by atoms with Gasteiger partial charge in [0.15, 0.2) is 0 Å². The van der Waals surface area contributed by atoms with Gasteiger partial charge in [-0.1, -0.05) is 42.5 Å². The lowest BCUT2D eigenvalue weighted by Gasteiger charge is -2.17. The summed E-state index contributed by atoms with van der Waals surface area (Å²) in [5, 5.41) is 20.2. The van der Waals surface area contributed by atoms with Gasteiger partial charge in [0.25, 0.3) is 0 Å². The number of aliphatic carboxylic acids is 1. The number of anilines is 3. The maximum atomic E-state index is 12.6. The Morgan fingerprint density at radius 2 is 1.46 bits per heavy atom. The summed E-state index contributed by atoms with van der Waals surface area (Å²) < 4.78 is 0. The van der Waals surface area contributed by atoms with Crippen LogP contribution in [0.1, 0.15) is 41.6 Å². The molecule has 37 heavy (non-hydrogen) atoms. The first-order valence-electron chi connectivity index (χ1n) is 11.7. The highest BCUT2D eigenvalue weighted by atomic mass is 16.4. The van der Waals surface area contributed by atoms with E-state index in [1.54, 1.807) is 36.4 Å². The van der Waals surface area contributed by atoms with Gasteiger partial charge >= 0.3 is 12.0 Å². The van der Waals surface area contributed by atoms with Crippen molar-refractivity contribution in [2.24, 2.45) is 0 Å². The molecule has 5 N–H and O–H groups in total. The van der Waals surface area contributed by atoms with Crippen molar-refractivity contribution in [3.05, 3.63) is 89.0 Å². The lowest BCUT2D eigenvalue weighted by Crippen LogP contribution is -2.28. The molecule has 0 bridgehead atoms. The number of hydrogen-bond donors (Lipinski definition) is 5. The van der Waals surface area contributed by atoms with Gasteiger partial charge in [0.1, 0.15) is 0 Å². The number of benzene rings is 3. The number of urea groups is 1. The monoisotopic (exact) mass is 502 g/mol. The third kappa shape index (κ3) is 8.21. The molecular formula is C28H30N4O5. The number of carboxylic acids is 1. The average molecular weight is 503 g/mol. The highest BCUT2D eigenvalue weighted by Gasteiger charge is 2.17. The highest BCUT2D eigenvalue weighted by Crippen LogP contribution is 2.21. The molecule has 0 unspecified atom stereocenters. The minimum atomic E-state index is -1.03. The van der Waals surface area contributed by atoms with Crippen LogP contribution >= 0.6 is 0 Å². The van der Waals surface area contributed by atoms with E-state index in [1.807, 2.05) is 44.2 Å². The molecule has 1 atom stereocenters. The predicted octanol–water partition coefficient (Wildman–Crippen LogP) is 4.78. The van der Waals surface area contributed by atoms with E-state index < -0.39 is 12.0 Å². The second kappa shape index (κ2) is 12.3. The summed E-state index contributed by atoms with van der Waals surface area (Å²) in [6, 6.07) is 18.5. The van der Waals surface area contributed by atoms with E-state index in [0.29, 0.717) is 16.9 Å². The zero-order valence-corrected chi connectivity index (χ0v) is 20.9. The normalized spacial score (nSPS) is 11.2. The van der Waals surface area contributed by atoms with E-state index in [0.717, 1.165) is 22.4 Å². The molecule has 4 amide bonds. The topological polar surface area (TPSA) is 137 Å². The summed E-state index contributed by atoms with van der Waals surface area (Å²) in [7, 11) is 0. The lowest BCUT2D eigenvalue weighted by molar-refractivity contribution is -0.137. The fourth-order valence-corrected chi connectivity index (χ4v) is 3.83. The van der Waals surface area contributed by atoms with Gasteiger partial charge in [-0.3, -0.25) is 14.4 Å². The van der Waals surface area contributed by atoms with Crippen molar-refractivity contribution in [3.8, 4) is 0 Å². The summed E-state index contributed by atoms with van der Waals surface area (Å²) in [4.78, 5) is 47.5. The number of carbonyl (C=O) groups excluding carboxylic acids is 3. The van der Waals surface area contributed by atoms with Gasteiger partial charge in [-0.15, -0.1) is 0 Å². The van der Waals surface area contributed by atoms with Gasteiger partial charge < -0.3 is 26.4 Å². The Labute approximate surface area is 215 Å². The summed E-state index contributed by atoms with van der Waals surface area (Å²) in [6.07, 6.45) is -0.116. The first kappa shape index (κ1) is 26.9. The Morgan fingerprint density at radius 3 is 2.05 bits per heavy atom. The smallest absolute Gasteiger partial charge is 0.323 e. The van der Waals surface area contributed by atoms with Crippen molar-refractivity contribution in [3.63, 3.8) is 0 Å². The number of aryl methyl sites for hydroxylation is 2. The summed E-state index contributed by atoms with van der Waals surface area (Å²) in [5.41, 5.74) is 5.10. The molecule has 0 aliphatic carbocycles. The lowest BCUT2D eigenvalue weighted by atomic mass is 10.0. The standard InChI is InChI=1S/C28H30N4O5/c1-17-6-4-5-7-23(17)31-28(37)32-24-13-8-20(14-18(24)2)15-26(34)30-22-11-9-21(10-12-22)25(16-27(35)36)29-19(3)33/h4-14,25H,15-16H2,1-3H3,(H,29,33)(H,30,34)(H,35,36)(H2,31,32,37)/t25-/m1/s1. The van der Waals surface area contributed by atoms with Crippen molar-refractivity contribution in [2.45, 2.75) is 39.7 Å². The Kier molecular flexibility index (Phi) is 8.99. The van der Waals surface area contributed by atoms with Gasteiger partial charge in [-0.2, -0.15) is 0 Å². The molecule has 0 fully saturated rings. The molecule has 0 radical (unpaired) electrons. The Hall–Kier alpha value is -4.66. The quantitative estimate of drug-likeness (QED) is 0.287. The fourth-order valence-electron chi connectivity index (χ4n) is 3.83. The molecule has 3 aromatic rings. The molecule has 9 nitrogen and oxygen atoms in total. The zero-order chi connectivity index (χ0) is 26.9. The molecule has 9 heteroatoms. The number of hydrogen-bond acceptors (Lipinski definition) is 4. The molecule has 192 valence electrons. The highest BCUT2D eigenvalue weighted by molar-refractivity contribution is 6.00. The molecule has 0 aromatic heterocycles. The molecular weight excluding hydrogens is 472 g/mol. The fraction of sp³-hybridized carbons (Fsp3) is 0.214. The second-order valence-corrected chi connectivity index (χ2v) is 8.74. The van der Waals surface area contributed by atoms with E-state index >= 15 is 0 Å². The molecule has 0 heterocycles. The second-order valence-electron chi connectivity index (χ2n) is 8.74. The van der Waals surface area contributed by atoms with Crippen molar-refractivity contribution in [1.82, 2.24) is 5.32 Å². The van der Waals surface area contributed by atoms with E-state index in [-0.39, 0.29) is 30.7 Å². The molecule has 3 aromatic carbocycles. The zero-order valence-electron chi connectivity index (χ0n) is 20.9. The van der Waals surface area contributed by atoms with Gasteiger partial charge in [-0.25, -0.2) is 4.79 Å². The van der Waals surface area contributed by atoms with Crippen LogP contribution in [-0.2, 0) is 20.8 Å². The van der Waals surface area contributed by atoms with Crippen LogP contribution in [0.15, 0.2) is 66.7 Å². The largest absolute Gasteiger partial charge is 0.481 e. The van der Waals surface area contributed by atoms with Gasteiger partial charge in [0.05, 0.1) is 18.9 Å². The summed E-state index contributed by atoms with van der Waals surface area (Å²) in [5.74, 6) is -1.58. The summed E-state index contributed by atoms with van der Waals surface area (Å²) >= 11 is 0. The minimum Gasteiger partial charge on any atom is -0.481 e. The van der Waals surface area contributed by atoms with Crippen LogP contribution < -0.4 is 21.3 Å². The van der Waals surface area contributed by atoms with Crippen molar-refractivity contribution < 1.29 is 24.3 Å². The molecule has 0 aliphatic heterocycles. The SMILES string of the molecule is CC(=O)N[C@H](CC(=O)O)c1ccc(NC(=O)Cc2ccc(NC(=O)Nc3ccccc3C)c(C)c2)cc1. The number of carbonyl (C=O) groups is 4. The number of amides is 4. The Bertz CT molecular complexity index is 1290. The maximum absolute atomic E-state index is 12.6. The first-order valence-corrected chi connectivity index (χ1v) is 11.7. The van der Waals surface area contributed by atoms with Gasteiger partial charge in [-0.05, 0) is 60.4 Å². The molecule has 0 spiro atoms. The van der Waals surface area contributed by atoms with Crippen LogP contribution in [0.2, 0.25) is 0 Å². The van der Waals surface area contributed by atoms with Crippen LogP contribution in [0, 0.1) is 13.8 Å². The predicted molar refractivity (Wildman–Crippen MR) is 143 cm³/mol. The van der Waals surface area contributed by atoms with E-state index in [9.17, 15) is 19.2 Å². The van der Waals surface area contributed by atoms with Crippen molar-refractivity contribution >= 4 is 40.9 Å². The minimum absolute atomic E-state index is 0.131.